The lowest BCUT2D eigenvalue weighted by molar-refractivity contribution is 0.600. The fraction of sp³-hybridized carbons (Fsp3) is 0.278. The monoisotopic (exact) mass is 375 g/mol. The Morgan fingerprint density at radius 3 is 2.60 bits per heavy atom. The number of hydrogen-bond donors (Lipinski definition) is 1. The summed E-state index contributed by atoms with van der Waals surface area (Å²) in [5, 5.41) is 2.78. The van der Waals surface area contributed by atoms with Gasteiger partial charge in [-0.25, -0.2) is 13.4 Å². The van der Waals surface area contributed by atoms with Gasteiger partial charge in [-0.2, -0.15) is 0 Å². The van der Waals surface area contributed by atoms with Crippen molar-refractivity contribution in [2.45, 2.75) is 32.1 Å². The third-order valence-electron chi connectivity index (χ3n) is 4.26. The van der Waals surface area contributed by atoms with Crippen molar-refractivity contribution in [1.82, 2.24) is 9.55 Å². The molecule has 1 N–H and O–H groups in total. The lowest BCUT2D eigenvalue weighted by Gasteiger charge is -2.11. The molecule has 0 aliphatic rings. The van der Waals surface area contributed by atoms with Gasteiger partial charge in [0.15, 0.2) is 0 Å². The number of nitrogens with zero attached hydrogens (tertiary/aromatic N) is 2. The molecule has 3 aromatic rings. The van der Waals surface area contributed by atoms with E-state index in [9.17, 15) is 8.42 Å². The first-order chi connectivity index (χ1) is 11.8. The number of anilines is 1. The first-order valence-corrected chi connectivity index (χ1v) is 10.4. The summed E-state index contributed by atoms with van der Waals surface area (Å²) in [5.74, 6) is 0. The van der Waals surface area contributed by atoms with Gasteiger partial charge in [0.2, 0.25) is 0 Å². The highest BCUT2D eigenvalue weighted by Gasteiger charge is 2.24. The highest BCUT2D eigenvalue weighted by molar-refractivity contribution is 7.92. The third kappa shape index (κ3) is 3.34. The molecule has 3 rings (SSSR count). The Morgan fingerprint density at radius 1 is 1.24 bits per heavy atom. The Morgan fingerprint density at radius 2 is 1.96 bits per heavy atom. The van der Waals surface area contributed by atoms with E-state index in [1.165, 1.54) is 11.3 Å². The maximum absolute atomic E-state index is 13.0. The average Bonchev–Trinajstić information content (AvgIpc) is 3.12. The van der Waals surface area contributed by atoms with E-state index in [0.29, 0.717) is 11.4 Å². The van der Waals surface area contributed by atoms with Gasteiger partial charge in [-0.15, -0.1) is 11.3 Å². The summed E-state index contributed by atoms with van der Waals surface area (Å²) >= 11 is 1.51. The highest BCUT2D eigenvalue weighted by atomic mass is 32.2. The Kier molecular flexibility index (Phi) is 4.71. The molecule has 1 aromatic carbocycles. The van der Waals surface area contributed by atoms with Crippen LogP contribution in [0.4, 0.5) is 5.69 Å². The largest absolute Gasteiger partial charge is 0.345 e. The Hall–Kier alpha value is -2.12. The summed E-state index contributed by atoms with van der Waals surface area (Å²) in [4.78, 5) is 4.75. The van der Waals surface area contributed by atoms with Crippen LogP contribution in [0.2, 0.25) is 0 Å². The van der Waals surface area contributed by atoms with Crippen molar-refractivity contribution in [1.29, 1.82) is 0 Å². The van der Waals surface area contributed by atoms with E-state index in [1.807, 2.05) is 56.0 Å². The molecule has 0 saturated heterocycles. The topological polar surface area (TPSA) is 64.0 Å². The molecule has 7 heteroatoms. The molecule has 0 amide bonds. The molecule has 0 bridgehead atoms. The van der Waals surface area contributed by atoms with Crippen molar-refractivity contribution >= 4 is 27.0 Å². The minimum Gasteiger partial charge on any atom is -0.345 e. The molecule has 5 nitrogen and oxygen atoms in total. The summed E-state index contributed by atoms with van der Waals surface area (Å²) in [6, 6.07) is 9.16. The van der Waals surface area contributed by atoms with Crippen molar-refractivity contribution in [2.24, 2.45) is 7.05 Å². The van der Waals surface area contributed by atoms with Crippen LogP contribution >= 0.6 is 11.3 Å². The summed E-state index contributed by atoms with van der Waals surface area (Å²) in [6.07, 6.45) is 0.760. The molecular weight excluding hydrogens is 354 g/mol. The van der Waals surface area contributed by atoms with Crippen LogP contribution in [0.25, 0.3) is 10.7 Å². The van der Waals surface area contributed by atoms with Gasteiger partial charge < -0.3 is 4.57 Å². The number of benzene rings is 1. The summed E-state index contributed by atoms with van der Waals surface area (Å²) in [6.45, 7) is 5.74. The van der Waals surface area contributed by atoms with Crippen LogP contribution < -0.4 is 4.72 Å². The van der Waals surface area contributed by atoms with Gasteiger partial charge in [0.1, 0.15) is 9.90 Å². The number of rotatable bonds is 5. The number of para-hydroxylation sites is 1. The van der Waals surface area contributed by atoms with Crippen LogP contribution in [-0.2, 0) is 23.5 Å². The van der Waals surface area contributed by atoms with Crippen LogP contribution in [0.5, 0.6) is 0 Å². The number of hydrogen-bond acceptors (Lipinski definition) is 4. The molecule has 0 atom stereocenters. The van der Waals surface area contributed by atoms with Crippen molar-refractivity contribution in [3.05, 3.63) is 52.7 Å². The predicted molar refractivity (Wildman–Crippen MR) is 103 cm³/mol. The molecule has 0 radical (unpaired) electrons. The van der Waals surface area contributed by atoms with Crippen molar-refractivity contribution in [2.75, 3.05) is 4.72 Å². The van der Waals surface area contributed by atoms with E-state index in [0.717, 1.165) is 28.4 Å². The maximum atomic E-state index is 13.0. The molecule has 0 fully saturated rings. The highest BCUT2D eigenvalue weighted by Crippen LogP contribution is 2.31. The van der Waals surface area contributed by atoms with Gasteiger partial charge in [0, 0.05) is 23.8 Å². The lowest BCUT2D eigenvalue weighted by atomic mass is 10.1. The zero-order valence-electron chi connectivity index (χ0n) is 14.7. The number of sulfonamides is 1. The summed E-state index contributed by atoms with van der Waals surface area (Å²) < 4.78 is 30.5. The summed E-state index contributed by atoms with van der Waals surface area (Å²) in [5.41, 5.74) is 4.01. The minimum absolute atomic E-state index is 0.281. The van der Waals surface area contributed by atoms with E-state index in [-0.39, 0.29) is 4.90 Å². The molecule has 0 saturated carbocycles. The van der Waals surface area contributed by atoms with Gasteiger partial charge in [-0.3, -0.25) is 4.72 Å². The molecule has 2 aromatic heterocycles. The number of thiazole rings is 1. The van der Waals surface area contributed by atoms with Gasteiger partial charge in [0.05, 0.1) is 11.4 Å². The van der Waals surface area contributed by atoms with E-state index in [2.05, 4.69) is 9.71 Å². The van der Waals surface area contributed by atoms with Crippen LogP contribution in [0.1, 0.15) is 23.9 Å². The smallest absolute Gasteiger partial charge is 0.263 e. The molecule has 0 aliphatic heterocycles. The molecule has 2 heterocycles. The van der Waals surface area contributed by atoms with Crippen LogP contribution in [0.3, 0.4) is 0 Å². The van der Waals surface area contributed by atoms with Crippen LogP contribution in [-0.4, -0.2) is 18.0 Å². The Balaban J connectivity index is 2.03. The van der Waals surface area contributed by atoms with Gasteiger partial charge in [0.25, 0.3) is 10.0 Å². The average molecular weight is 376 g/mol. The second kappa shape index (κ2) is 6.65. The Bertz CT molecular complexity index is 1020. The number of aryl methyl sites for hydroxylation is 2. The van der Waals surface area contributed by atoms with Crippen molar-refractivity contribution in [3.63, 3.8) is 0 Å². The quantitative estimate of drug-likeness (QED) is 0.729. The molecular formula is C18H21N3O2S2. The maximum Gasteiger partial charge on any atom is 0.263 e. The normalized spacial score (nSPS) is 11.7. The molecule has 0 unspecified atom stereocenters. The lowest BCUT2D eigenvalue weighted by Crippen LogP contribution is -2.15. The van der Waals surface area contributed by atoms with Gasteiger partial charge in [-0.05, 0) is 38.0 Å². The van der Waals surface area contributed by atoms with Gasteiger partial charge >= 0.3 is 0 Å². The Labute approximate surface area is 152 Å². The number of nitrogens with one attached hydrogen (secondary N) is 1. The molecule has 25 heavy (non-hydrogen) atoms. The molecule has 0 spiro atoms. The number of aromatic nitrogens is 2. The van der Waals surface area contributed by atoms with E-state index in [4.69, 9.17) is 0 Å². The minimum atomic E-state index is -3.67. The van der Waals surface area contributed by atoms with Crippen molar-refractivity contribution in [3.8, 4) is 10.7 Å². The molecule has 0 aliphatic carbocycles. The predicted octanol–water partition coefficient (Wildman–Crippen LogP) is 4.13. The van der Waals surface area contributed by atoms with Crippen molar-refractivity contribution < 1.29 is 8.42 Å². The fourth-order valence-electron chi connectivity index (χ4n) is 2.75. The standard InChI is InChI=1S/C18H21N3O2S2/c1-5-14-8-6-7-9-15(14)20-25(22,23)17-10-16(21(4)13(17)3)18-19-12(2)11-24-18/h6-11,20H,5H2,1-4H3. The zero-order chi connectivity index (χ0) is 18.2. The van der Waals surface area contributed by atoms with E-state index in [1.54, 1.807) is 12.1 Å². The van der Waals surface area contributed by atoms with Gasteiger partial charge in [-0.1, -0.05) is 25.1 Å². The van der Waals surface area contributed by atoms with E-state index < -0.39 is 10.0 Å². The second-order valence-electron chi connectivity index (χ2n) is 5.95. The van der Waals surface area contributed by atoms with E-state index >= 15 is 0 Å². The second-order valence-corrected chi connectivity index (χ2v) is 8.46. The summed E-state index contributed by atoms with van der Waals surface area (Å²) in [7, 11) is -1.81. The van der Waals surface area contributed by atoms with Crippen LogP contribution in [0.15, 0.2) is 40.6 Å². The molecule has 132 valence electrons. The third-order valence-corrected chi connectivity index (χ3v) is 6.72. The SMILES string of the molecule is CCc1ccccc1NS(=O)(=O)c1cc(-c2nc(C)cs2)n(C)c1C. The first-order valence-electron chi connectivity index (χ1n) is 8.03. The van der Waals surface area contributed by atoms with Crippen LogP contribution in [0, 0.1) is 13.8 Å². The first kappa shape index (κ1) is 17.7. The fourth-order valence-corrected chi connectivity index (χ4v) is 4.99. The zero-order valence-corrected chi connectivity index (χ0v) is 16.3.